The molecule has 1 fully saturated rings. The third kappa shape index (κ3) is 4.31. The second-order valence-electron chi connectivity index (χ2n) is 5.86. The maximum absolute atomic E-state index is 12.4. The zero-order chi connectivity index (χ0) is 17.8. The first kappa shape index (κ1) is 17.3. The van der Waals surface area contributed by atoms with Crippen molar-refractivity contribution in [3.05, 3.63) is 53.6 Å². The summed E-state index contributed by atoms with van der Waals surface area (Å²) in [6.45, 7) is 2.40. The van der Waals surface area contributed by atoms with Crippen molar-refractivity contribution in [2.24, 2.45) is 11.8 Å². The molecule has 2 aromatic carbocycles. The Hall–Kier alpha value is -2.53. The summed E-state index contributed by atoms with van der Waals surface area (Å²) in [4.78, 5) is 24.6. The highest BCUT2D eigenvalue weighted by Gasteiger charge is 2.48. The number of carbonyl (C=O) groups excluding carboxylic acids is 2. The summed E-state index contributed by atoms with van der Waals surface area (Å²) in [5, 5.41) is 6.27. The van der Waals surface area contributed by atoms with E-state index in [9.17, 15) is 9.59 Å². The molecule has 0 aliphatic heterocycles. The van der Waals surface area contributed by atoms with Crippen LogP contribution in [0.2, 0.25) is 5.02 Å². The minimum atomic E-state index is -0.318. The van der Waals surface area contributed by atoms with Crippen molar-refractivity contribution in [2.75, 3.05) is 17.2 Å². The van der Waals surface area contributed by atoms with Gasteiger partial charge in [0.1, 0.15) is 5.75 Å². The third-order valence-corrected chi connectivity index (χ3v) is 4.27. The first-order valence-corrected chi connectivity index (χ1v) is 8.55. The van der Waals surface area contributed by atoms with E-state index in [4.69, 9.17) is 16.3 Å². The summed E-state index contributed by atoms with van der Waals surface area (Å²) in [6, 6.07) is 14.1. The second kappa shape index (κ2) is 7.57. The average molecular weight is 359 g/mol. The Balaban J connectivity index is 1.57. The van der Waals surface area contributed by atoms with Crippen molar-refractivity contribution in [2.45, 2.75) is 13.3 Å². The van der Waals surface area contributed by atoms with Crippen molar-refractivity contribution in [1.29, 1.82) is 0 Å². The van der Waals surface area contributed by atoms with Crippen molar-refractivity contribution >= 4 is 34.8 Å². The molecule has 3 rings (SSSR count). The summed E-state index contributed by atoms with van der Waals surface area (Å²) < 4.78 is 5.50. The molecule has 6 heteroatoms. The molecule has 0 aromatic heterocycles. The Bertz CT molecular complexity index is 776. The molecule has 2 N–H and O–H groups in total. The summed E-state index contributed by atoms with van der Waals surface area (Å²) in [5.74, 6) is -0.318. The van der Waals surface area contributed by atoms with E-state index in [2.05, 4.69) is 10.6 Å². The van der Waals surface area contributed by atoms with Gasteiger partial charge in [0.2, 0.25) is 11.8 Å². The quantitative estimate of drug-likeness (QED) is 0.821. The van der Waals surface area contributed by atoms with Crippen LogP contribution in [0.25, 0.3) is 0 Å². The van der Waals surface area contributed by atoms with Crippen LogP contribution in [0.3, 0.4) is 0 Å². The molecule has 2 atom stereocenters. The Morgan fingerprint density at radius 3 is 2.36 bits per heavy atom. The molecule has 1 aliphatic rings. The molecular weight excluding hydrogens is 340 g/mol. The lowest BCUT2D eigenvalue weighted by molar-refractivity contribution is -0.122. The van der Waals surface area contributed by atoms with E-state index in [1.807, 2.05) is 19.1 Å². The van der Waals surface area contributed by atoms with Crippen molar-refractivity contribution in [3.63, 3.8) is 0 Å². The van der Waals surface area contributed by atoms with Gasteiger partial charge in [-0.15, -0.1) is 0 Å². The number of carbonyl (C=O) groups is 2. The summed E-state index contributed by atoms with van der Waals surface area (Å²) in [6.07, 6.45) is 0.544. The van der Waals surface area contributed by atoms with E-state index < -0.39 is 0 Å². The predicted molar refractivity (Wildman–Crippen MR) is 97.9 cm³/mol. The lowest BCUT2D eigenvalue weighted by Crippen LogP contribution is -2.20. The highest BCUT2D eigenvalue weighted by atomic mass is 35.5. The van der Waals surface area contributed by atoms with Crippen molar-refractivity contribution in [3.8, 4) is 5.75 Å². The number of benzene rings is 2. The maximum atomic E-state index is 12.4. The van der Waals surface area contributed by atoms with Gasteiger partial charge >= 0.3 is 0 Å². The number of para-hydroxylation sites is 2. The number of nitrogens with one attached hydrogen (secondary N) is 2. The molecule has 25 heavy (non-hydrogen) atoms. The fourth-order valence-corrected chi connectivity index (χ4v) is 2.75. The maximum Gasteiger partial charge on any atom is 0.228 e. The van der Waals surface area contributed by atoms with Gasteiger partial charge < -0.3 is 15.4 Å². The molecule has 0 saturated heterocycles. The molecule has 1 saturated carbocycles. The zero-order valence-corrected chi connectivity index (χ0v) is 14.5. The molecule has 5 nitrogen and oxygen atoms in total. The van der Waals surface area contributed by atoms with Crippen LogP contribution in [0, 0.1) is 11.8 Å². The first-order valence-electron chi connectivity index (χ1n) is 8.17. The van der Waals surface area contributed by atoms with Gasteiger partial charge in [-0.1, -0.05) is 23.7 Å². The minimum Gasteiger partial charge on any atom is -0.492 e. The number of hydrogen-bond acceptors (Lipinski definition) is 3. The Morgan fingerprint density at radius 1 is 1.04 bits per heavy atom. The Labute approximate surface area is 151 Å². The number of hydrogen-bond donors (Lipinski definition) is 2. The lowest BCUT2D eigenvalue weighted by Gasteiger charge is -2.11. The molecule has 1 aliphatic carbocycles. The first-order chi connectivity index (χ1) is 12.1. The molecule has 0 radical (unpaired) electrons. The predicted octanol–water partition coefficient (Wildman–Crippen LogP) is 3.95. The third-order valence-electron chi connectivity index (χ3n) is 4.02. The number of halogens is 1. The molecule has 130 valence electrons. The van der Waals surface area contributed by atoms with E-state index in [0.29, 0.717) is 35.2 Å². The number of rotatable bonds is 6. The summed E-state index contributed by atoms with van der Waals surface area (Å²) in [7, 11) is 0. The standard InChI is InChI=1S/C19H19ClN2O3/c1-2-25-17-6-4-3-5-16(17)22-19(24)15-11-14(15)18(23)21-13-9-7-12(20)8-10-13/h3-10,14-15H,2,11H2,1H3,(H,21,23)(H,22,24). The molecule has 0 heterocycles. The highest BCUT2D eigenvalue weighted by molar-refractivity contribution is 6.30. The van der Waals surface area contributed by atoms with Gasteiger partial charge in [-0.3, -0.25) is 9.59 Å². The average Bonchev–Trinajstić information content (AvgIpc) is 3.40. The number of amides is 2. The van der Waals surface area contributed by atoms with Crippen molar-refractivity contribution < 1.29 is 14.3 Å². The second-order valence-corrected chi connectivity index (χ2v) is 6.30. The largest absolute Gasteiger partial charge is 0.492 e. The normalized spacial score (nSPS) is 18.3. The highest BCUT2D eigenvalue weighted by Crippen LogP contribution is 2.40. The molecule has 2 aromatic rings. The van der Waals surface area contributed by atoms with E-state index in [0.717, 1.165) is 0 Å². The SMILES string of the molecule is CCOc1ccccc1NC(=O)C1CC1C(=O)Nc1ccc(Cl)cc1. The van der Waals surface area contributed by atoms with E-state index >= 15 is 0 Å². The Morgan fingerprint density at radius 2 is 1.68 bits per heavy atom. The van der Waals surface area contributed by atoms with Crippen LogP contribution < -0.4 is 15.4 Å². The molecule has 0 bridgehead atoms. The van der Waals surface area contributed by atoms with Crippen LogP contribution in [0.1, 0.15) is 13.3 Å². The molecule has 2 amide bonds. The minimum absolute atomic E-state index is 0.152. The van der Waals surface area contributed by atoms with Crippen LogP contribution in [0.5, 0.6) is 5.75 Å². The van der Waals surface area contributed by atoms with Crippen LogP contribution in [0.15, 0.2) is 48.5 Å². The zero-order valence-electron chi connectivity index (χ0n) is 13.8. The smallest absolute Gasteiger partial charge is 0.228 e. The van der Waals surface area contributed by atoms with Gasteiger partial charge in [0.05, 0.1) is 24.1 Å². The van der Waals surface area contributed by atoms with Gasteiger partial charge in [0.25, 0.3) is 0 Å². The van der Waals surface area contributed by atoms with E-state index in [-0.39, 0.29) is 23.7 Å². The van der Waals surface area contributed by atoms with Gasteiger partial charge in [0, 0.05) is 10.7 Å². The monoisotopic (exact) mass is 358 g/mol. The van der Waals surface area contributed by atoms with Gasteiger partial charge in [0.15, 0.2) is 0 Å². The van der Waals surface area contributed by atoms with Crippen LogP contribution in [-0.2, 0) is 9.59 Å². The number of ether oxygens (including phenoxy) is 1. The van der Waals surface area contributed by atoms with Crippen LogP contribution in [0.4, 0.5) is 11.4 Å². The van der Waals surface area contributed by atoms with E-state index in [1.54, 1.807) is 36.4 Å². The van der Waals surface area contributed by atoms with Gasteiger partial charge in [-0.2, -0.15) is 0 Å². The lowest BCUT2D eigenvalue weighted by atomic mass is 10.2. The fourth-order valence-electron chi connectivity index (χ4n) is 2.62. The molecule has 0 spiro atoms. The van der Waals surface area contributed by atoms with Gasteiger partial charge in [-0.25, -0.2) is 0 Å². The topological polar surface area (TPSA) is 67.4 Å². The van der Waals surface area contributed by atoms with Gasteiger partial charge in [-0.05, 0) is 49.7 Å². The summed E-state index contributed by atoms with van der Waals surface area (Å²) in [5.41, 5.74) is 1.29. The fraction of sp³-hybridized carbons (Fsp3) is 0.263. The van der Waals surface area contributed by atoms with Crippen LogP contribution >= 0.6 is 11.6 Å². The molecular formula is C19H19ClN2O3. The Kier molecular flexibility index (Phi) is 5.24. The van der Waals surface area contributed by atoms with Crippen LogP contribution in [-0.4, -0.2) is 18.4 Å². The van der Waals surface area contributed by atoms with Crippen molar-refractivity contribution in [1.82, 2.24) is 0 Å². The molecule has 2 unspecified atom stereocenters. The summed E-state index contributed by atoms with van der Waals surface area (Å²) >= 11 is 5.82. The van der Waals surface area contributed by atoms with E-state index in [1.165, 1.54) is 0 Å². The number of anilines is 2.